The molecule has 1 aliphatic rings. The van der Waals surface area contributed by atoms with Crippen LogP contribution >= 0.6 is 23.2 Å². The third-order valence-corrected chi connectivity index (χ3v) is 5.48. The van der Waals surface area contributed by atoms with Crippen LogP contribution in [-0.4, -0.2) is 11.1 Å². The largest absolute Gasteiger partial charge is 0.481 e. The maximum atomic E-state index is 11.8. The Balaban J connectivity index is 2.12. The van der Waals surface area contributed by atoms with Crippen LogP contribution in [-0.2, 0) is 11.2 Å². The number of halogens is 2. The van der Waals surface area contributed by atoms with Crippen molar-refractivity contribution in [2.75, 3.05) is 0 Å². The maximum absolute atomic E-state index is 11.8. The standard InChI is InChI=1S/C17H22Cl2O2/c1-2-3-12-6-8-17(9-7-12,16(20)21)11-13-4-5-14(18)15(19)10-13/h4-5,10,12H,2-3,6-9,11H2,1H3,(H,20,21). The fourth-order valence-electron chi connectivity index (χ4n) is 3.43. The van der Waals surface area contributed by atoms with Crippen molar-refractivity contribution >= 4 is 29.2 Å². The zero-order chi connectivity index (χ0) is 15.5. The summed E-state index contributed by atoms with van der Waals surface area (Å²) in [4.78, 5) is 11.8. The Labute approximate surface area is 136 Å². The summed E-state index contributed by atoms with van der Waals surface area (Å²) in [7, 11) is 0. The predicted molar refractivity (Wildman–Crippen MR) is 87.1 cm³/mol. The monoisotopic (exact) mass is 328 g/mol. The van der Waals surface area contributed by atoms with Gasteiger partial charge in [-0.05, 0) is 55.7 Å². The minimum Gasteiger partial charge on any atom is -0.481 e. The molecule has 0 unspecified atom stereocenters. The highest BCUT2D eigenvalue weighted by molar-refractivity contribution is 6.42. The first-order valence-electron chi connectivity index (χ1n) is 7.64. The lowest BCUT2D eigenvalue weighted by molar-refractivity contribution is -0.151. The number of carboxylic acids is 1. The second kappa shape index (κ2) is 7.02. The van der Waals surface area contributed by atoms with Gasteiger partial charge >= 0.3 is 5.97 Å². The first kappa shape index (κ1) is 16.6. The van der Waals surface area contributed by atoms with Crippen molar-refractivity contribution < 1.29 is 9.90 Å². The van der Waals surface area contributed by atoms with Gasteiger partial charge in [0, 0.05) is 0 Å². The molecule has 0 amide bonds. The van der Waals surface area contributed by atoms with E-state index in [9.17, 15) is 9.90 Å². The van der Waals surface area contributed by atoms with E-state index in [0.717, 1.165) is 31.2 Å². The molecular weight excluding hydrogens is 307 g/mol. The zero-order valence-electron chi connectivity index (χ0n) is 12.4. The Hall–Kier alpha value is -0.730. The fourth-order valence-corrected chi connectivity index (χ4v) is 3.75. The van der Waals surface area contributed by atoms with Gasteiger partial charge in [0.15, 0.2) is 0 Å². The van der Waals surface area contributed by atoms with E-state index in [-0.39, 0.29) is 0 Å². The minimum atomic E-state index is -0.677. The molecule has 1 fully saturated rings. The average molecular weight is 329 g/mol. The number of aliphatic carboxylic acids is 1. The number of rotatable bonds is 5. The van der Waals surface area contributed by atoms with Crippen LogP contribution < -0.4 is 0 Å². The van der Waals surface area contributed by atoms with E-state index in [0.29, 0.717) is 22.4 Å². The quantitative estimate of drug-likeness (QED) is 0.764. The molecule has 2 rings (SSSR count). The Morgan fingerprint density at radius 3 is 2.48 bits per heavy atom. The van der Waals surface area contributed by atoms with Gasteiger partial charge in [-0.2, -0.15) is 0 Å². The zero-order valence-corrected chi connectivity index (χ0v) is 13.9. The Bertz CT molecular complexity index is 506. The Morgan fingerprint density at radius 1 is 1.29 bits per heavy atom. The highest BCUT2D eigenvalue weighted by atomic mass is 35.5. The molecule has 2 nitrogen and oxygen atoms in total. The summed E-state index contributed by atoms with van der Waals surface area (Å²) in [5, 5.41) is 10.7. The van der Waals surface area contributed by atoms with Gasteiger partial charge in [-0.1, -0.05) is 49.0 Å². The average Bonchev–Trinajstić information content (AvgIpc) is 2.45. The second-order valence-corrected chi connectivity index (χ2v) is 7.06. The summed E-state index contributed by atoms with van der Waals surface area (Å²) >= 11 is 12.0. The summed E-state index contributed by atoms with van der Waals surface area (Å²) in [5.74, 6) is 0.0137. The second-order valence-electron chi connectivity index (χ2n) is 6.24. The lowest BCUT2D eigenvalue weighted by Gasteiger charge is -2.37. The molecule has 1 saturated carbocycles. The van der Waals surface area contributed by atoms with Crippen LogP contribution in [0.5, 0.6) is 0 Å². The van der Waals surface area contributed by atoms with Crippen LogP contribution in [0, 0.1) is 11.3 Å². The van der Waals surface area contributed by atoms with Crippen molar-refractivity contribution in [2.24, 2.45) is 11.3 Å². The summed E-state index contributed by atoms with van der Waals surface area (Å²) in [6.07, 6.45) is 6.47. The van der Waals surface area contributed by atoms with Crippen LogP contribution in [0.3, 0.4) is 0 Å². The third kappa shape index (κ3) is 3.92. The Kier molecular flexibility index (Phi) is 5.56. The van der Waals surface area contributed by atoms with Gasteiger partial charge in [0.05, 0.1) is 15.5 Å². The molecule has 0 atom stereocenters. The summed E-state index contributed by atoms with van der Waals surface area (Å²) in [6.45, 7) is 2.19. The molecular formula is C17H22Cl2O2. The lowest BCUT2D eigenvalue weighted by atomic mass is 9.67. The van der Waals surface area contributed by atoms with Crippen LogP contribution in [0.1, 0.15) is 51.0 Å². The van der Waals surface area contributed by atoms with E-state index in [4.69, 9.17) is 23.2 Å². The van der Waals surface area contributed by atoms with Gasteiger partial charge < -0.3 is 5.11 Å². The van der Waals surface area contributed by atoms with Crippen LogP contribution in [0.15, 0.2) is 18.2 Å². The molecule has 1 aliphatic carbocycles. The molecule has 0 bridgehead atoms. The lowest BCUT2D eigenvalue weighted by Crippen LogP contribution is -2.37. The highest BCUT2D eigenvalue weighted by Crippen LogP contribution is 2.43. The summed E-state index contributed by atoms with van der Waals surface area (Å²) < 4.78 is 0. The van der Waals surface area contributed by atoms with Gasteiger partial charge in [-0.3, -0.25) is 4.79 Å². The molecule has 1 aromatic carbocycles. The molecule has 21 heavy (non-hydrogen) atoms. The Morgan fingerprint density at radius 2 is 1.95 bits per heavy atom. The van der Waals surface area contributed by atoms with E-state index in [1.165, 1.54) is 12.8 Å². The van der Waals surface area contributed by atoms with Crippen molar-refractivity contribution in [1.82, 2.24) is 0 Å². The highest BCUT2D eigenvalue weighted by Gasteiger charge is 2.41. The fraction of sp³-hybridized carbons (Fsp3) is 0.588. The van der Waals surface area contributed by atoms with Gasteiger partial charge in [-0.25, -0.2) is 0 Å². The topological polar surface area (TPSA) is 37.3 Å². The van der Waals surface area contributed by atoms with Crippen LogP contribution in [0.4, 0.5) is 0 Å². The predicted octanol–water partition coefficient (Wildman–Crippen LogP) is 5.60. The van der Waals surface area contributed by atoms with Gasteiger partial charge in [0.25, 0.3) is 0 Å². The summed E-state index contributed by atoms with van der Waals surface area (Å²) in [5.41, 5.74) is 0.322. The van der Waals surface area contributed by atoms with Crippen LogP contribution in [0.2, 0.25) is 10.0 Å². The molecule has 0 aliphatic heterocycles. The summed E-state index contributed by atoms with van der Waals surface area (Å²) in [6, 6.07) is 5.43. The number of hydrogen-bond donors (Lipinski definition) is 1. The SMILES string of the molecule is CCCC1CCC(Cc2ccc(Cl)c(Cl)c2)(C(=O)O)CC1. The molecule has 116 valence electrons. The van der Waals surface area contributed by atoms with Crippen molar-refractivity contribution in [1.29, 1.82) is 0 Å². The molecule has 1 N–H and O–H groups in total. The van der Waals surface area contributed by atoms with E-state index < -0.39 is 11.4 Å². The van der Waals surface area contributed by atoms with E-state index >= 15 is 0 Å². The maximum Gasteiger partial charge on any atom is 0.309 e. The molecule has 1 aromatic rings. The number of hydrogen-bond acceptors (Lipinski definition) is 1. The van der Waals surface area contributed by atoms with Gasteiger partial charge in [-0.15, -0.1) is 0 Å². The molecule has 0 spiro atoms. The third-order valence-electron chi connectivity index (χ3n) is 4.74. The molecule has 0 radical (unpaired) electrons. The van der Waals surface area contributed by atoms with Crippen molar-refractivity contribution in [2.45, 2.75) is 51.9 Å². The van der Waals surface area contributed by atoms with Gasteiger partial charge in [0.1, 0.15) is 0 Å². The van der Waals surface area contributed by atoms with Crippen LogP contribution in [0.25, 0.3) is 0 Å². The molecule has 0 heterocycles. The van der Waals surface area contributed by atoms with Crippen molar-refractivity contribution in [3.05, 3.63) is 33.8 Å². The van der Waals surface area contributed by atoms with Gasteiger partial charge in [0.2, 0.25) is 0 Å². The molecule has 0 saturated heterocycles. The van der Waals surface area contributed by atoms with Crippen molar-refractivity contribution in [3.8, 4) is 0 Å². The minimum absolute atomic E-state index is 0.495. The van der Waals surface area contributed by atoms with Crippen molar-refractivity contribution in [3.63, 3.8) is 0 Å². The molecule has 4 heteroatoms. The normalized spacial score (nSPS) is 25.8. The number of carbonyl (C=O) groups is 1. The first-order chi connectivity index (χ1) is 9.97. The first-order valence-corrected chi connectivity index (χ1v) is 8.40. The molecule has 0 aromatic heterocycles. The smallest absolute Gasteiger partial charge is 0.309 e. The van der Waals surface area contributed by atoms with E-state index in [1.807, 2.05) is 6.07 Å². The number of benzene rings is 1. The van der Waals surface area contributed by atoms with E-state index in [2.05, 4.69) is 6.92 Å². The number of carboxylic acid groups (broad SMARTS) is 1. The van der Waals surface area contributed by atoms with E-state index in [1.54, 1.807) is 12.1 Å².